The number of thiazole rings is 1. The number of fused-ring (bicyclic) bond motifs is 6. The highest BCUT2D eigenvalue weighted by atomic mass is 32.2. The number of hydrogen-bond donors (Lipinski definition) is 1. The molecule has 0 radical (unpaired) electrons. The summed E-state index contributed by atoms with van der Waals surface area (Å²) in [5.41, 5.74) is 6.05. The van der Waals surface area contributed by atoms with E-state index in [1.807, 2.05) is 11.8 Å². The minimum atomic E-state index is 0.0852. The van der Waals surface area contributed by atoms with E-state index >= 15 is 0 Å². The van der Waals surface area contributed by atoms with E-state index in [1.54, 1.807) is 0 Å². The first-order valence-electron chi connectivity index (χ1n) is 13.7. The standard InChI is InChI=1S/C32H29N3OS2/c36-32-33-31-30(38-32)27(28-22-11-12-23(17-22)29(28)37-31)21-13-15-24(16-14-21)35-26(20-9-5-2-6-10-20)18-25(34-35)19-7-3-1-4-8-19/h1-10,13-16,22-23,26-29H,11-12,17-18H2,(H,33,36)/t22-,23-,26-,27+,28-,29+/m1/s1. The molecule has 4 aromatic rings. The summed E-state index contributed by atoms with van der Waals surface area (Å²) < 4.78 is 0. The van der Waals surface area contributed by atoms with Gasteiger partial charge in [-0.05, 0) is 65.8 Å². The number of hydrogen-bond acceptors (Lipinski definition) is 5. The number of aromatic amines is 1. The van der Waals surface area contributed by atoms with Gasteiger partial charge in [-0.3, -0.25) is 9.80 Å². The van der Waals surface area contributed by atoms with Gasteiger partial charge >= 0.3 is 4.87 Å². The number of aromatic nitrogens is 1. The molecule has 2 bridgehead atoms. The lowest BCUT2D eigenvalue weighted by Crippen LogP contribution is -2.33. The molecule has 1 aromatic heterocycles. The van der Waals surface area contributed by atoms with Crippen LogP contribution < -0.4 is 9.88 Å². The van der Waals surface area contributed by atoms with Gasteiger partial charge in [-0.2, -0.15) is 5.10 Å². The van der Waals surface area contributed by atoms with Crippen molar-refractivity contribution in [1.29, 1.82) is 0 Å². The fraction of sp³-hybridized carbons (Fsp3) is 0.312. The van der Waals surface area contributed by atoms with Crippen LogP contribution in [-0.2, 0) is 0 Å². The first-order valence-corrected chi connectivity index (χ1v) is 15.4. The molecular formula is C32H29N3OS2. The molecule has 0 amide bonds. The molecule has 2 saturated carbocycles. The quantitative estimate of drug-likeness (QED) is 0.295. The Morgan fingerprint density at radius 2 is 1.58 bits per heavy atom. The second kappa shape index (κ2) is 8.99. The summed E-state index contributed by atoms with van der Waals surface area (Å²) in [7, 11) is 0. The summed E-state index contributed by atoms with van der Waals surface area (Å²) >= 11 is 3.39. The normalized spacial score (nSPS) is 29.3. The monoisotopic (exact) mass is 535 g/mol. The van der Waals surface area contributed by atoms with Crippen LogP contribution in [0.5, 0.6) is 0 Å². The van der Waals surface area contributed by atoms with E-state index in [2.05, 4.69) is 94.9 Å². The van der Waals surface area contributed by atoms with Gasteiger partial charge in [0.15, 0.2) is 0 Å². The molecule has 3 heterocycles. The van der Waals surface area contributed by atoms with E-state index in [1.165, 1.54) is 52.2 Å². The van der Waals surface area contributed by atoms with Crippen molar-refractivity contribution in [3.8, 4) is 0 Å². The molecule has 190 valence electrons. The van der Waals surface area contributed by atoms with Crippen molar-refractivity contribution in [3.63, 3.8) is 0 Å². The van der Waals surface area contributed by atoms with Crippen LogP contribution >= 0.6 is 23.1 Å². The Morgan fingerprint density at radius 1 is 0.842 bits per heavy atom. The Bertz CT molecular complexity index is 1560. The van der Waals surface area contributed by atoms with Crippen molar-refractivity contribution >= 4 is 34.5 Å². The van der Waals surface area contributed by atoms with Crippen molar-refractivity contribution in [2.75, 3.05) is 5.01 Å². The average molecular weight is 536 g/mol. The van der Waals surface area contributed by atoms with Crippen LogP contribution in [0.25, 0.3) is 0 Å². The first-order chi connectivity index (χ1) is 18.7. The molecule has 0 unspecified atom stereocenters. The number of hydrazone groups is 1. The number of H-pyrrole nitrogens is 1. The Hall–Kier alpha value is -3.09. The molecule has 3 aromatic carbocycles. The van der Waals surface area contributed by atoms with Gasteiger partial charge in [-0.25, -0.2) is 0 Å². The van der Waals surface area contributed by atoms with Crippen LogP contribution in [0.3, 0.4) is 0 Å². The fourth-order valence-corrected chi connectivity index (χ4v) is 10.4. The highest BCUT2D eigenvalue weighted by Crippen LogP contribution is 2.63. The molecule has 2 fully saturated rings. The number of thioether (sulfide) groups is 1. The van der Waals surface area contributed by atoms with Crippen LogP contribution in [0.1, 0.15) is 59.2 Å². The first kappa shape index (κ1) is 22.9. The molecule has 1 N–H and O–H groups in total. The fourth-order valence-electron chi connectivity index (χ4n) is 7.55. The summed E-state index contributed by atoms with van der Waals surface area (Å²) in [5, 5.41) is 9.12. The van der Waals surface area contributed by atoms with Gasteiger partial charge in [-0.15, -0.1) is 11.8 Å². The SMILES string of the molecule is O=c1[nH]c2c(s1)[C@@H](c1ccc(N3N=C(c4ccccc4)C[C@@H]3c3ccccc3)cc1)[C@H]1[C@@H]3CC[C@H](C3)[C@@H]1S2. The van der Waals surface area contributed by atoms with Gasteiger partial charge in [0.2, 0.25) is 0 Å². The van der Waals surface area contributed by atoms with Crippen molar-refractivity contribution < 1.29 is 0 Å². The van der Waals surface area contributed by atoms with Gasteiger partial charge < -0.3 is 4.98 Å². The van der Waals surface area contributed by atoms with E-state index in [4.69, 9.17) is 5.10 Å². The molecule has 8 rings (SSSR count). The smallest absolute Gasteiger partial charge is 0.305 e. The van der Waals surface area contributed by atoms with Crippen LogP contribution in [0.15, 0.2) is 99.9 Å². The zero-order chi connectivity index (χ0) is 25.2. The molecule has 2 aliphatic heterocycles. The predicted molar refractivity (Wildman–Crippen MR) is 156 cm³/mol. The second-order valence-electron chi connectivity index (χ2n) is 11.2. The van der Waals surface area contributed by atoms with Gasteiger partial charge in [0, 0.05) is 22.5 Å². The molecule has 2 aliphatic carbocycles. The third-order valence-electron chi connectivity index (χ3n) is 9.18. The van der Waals surface area contributed by atoms with E-state index in [-0.39, 0.29) is 10.9 Å². The lowest BCUT2D eigenvalue weighted by Gasteiger charge is -2.40. The van der Waals surface area contributed by atoms with E-state index in [0.717, 1.165) is 34.7 Å². The summed E-state index contributed by atoms with van der Waals surface area (Å²) in [6.45, 7) is 0. The van der Waals surface area contributed by atoms with Crippen LogP contribution in [0, 0.1) is 17.8 Å². The molecule has 38 heavy (non-hydrogen) atoms. The predicted octanol–water partition coefficient (Wildman–Crippen LogP) is 7.44. The molecule has 6 atom stereocenters. The molecule has 4 aliphatic rings. The number of nitrogens with zero attached hydrogens (tertiary/aromatic N) is 2. The zero-order valence-electron chi connectivity index (χ0n) is 21.0. The molecule has 0 spiro atoms. The number of anilines is 1. The minimum absolute atomic E-state index is 0.0852. The Morgan fingerprint density at radius 3 is 2.37 bits per heavy atom. The second-order valence-corrected chi connectivity index (χ2v) is 13.4. The summed E-state index contributed by atoms with van der Waals surface area (Å²) in [6, 6.07) is 30.5. The number of benzene rings is 3. The van der Waals surface area contributed by atoms with Gasteiger partial charge in [-0.1, -0.05) is 84.1 Å². The van der Waals surface area contributed by atoms with E-state index < -0.39 is 0 Å². The number of rotatable bonds is 4. The van der Waals surface area contributed by atoms with Crippen LogP contribution in [0.2, 0.25) is 0 Å². The highest BCUT2D eigenvalue weighted by Gasteiger charge is 2.54. The van der Waals surface area contributed by atoms with Crippen molar-refractivity contribution in [1.82, 2.24) is 4.98 Å². The Balaban J connectivity index is 1.17. The van der Waals surface area contributed by atoms with Crippen LogP contribution in [0.4, 0.5) is 5.69 Å². The van der Waals surface area contributed by atoms with Gasteiger partial charge in [0.05, 0.1) is 22.5 Å². The van der Waals surface area contributed by atoms with Crippen molar-refractivity contribution in [2.45, 2.75) is 47.9 Å². The molecule has 6 heteroatoms. The molecule has 4 nitrogen and oxygen atoms in total. The van der Waals surface area contributed by atoms with Gasteiger partial charge in [0.1, 0.15) is 0 Å². The average Bonchev–Trinajstić information content (AvgIpc) is 3.76. The van der Waals surface area contributed by atoms with E-state index in [9.17, 15) is 4.79 Å². The summed E-state index contributed by atoms with van der Waals surface area (Å²) in [6.07, 6.45) is 4.94. The Labute approximate surface area is 230 Å². The maximum absolute atomic E-state index is 12.4. The van der Waals surface area contributed by atoms with Crippen LogP contribution in [-0.4, -0.2) is 15.9 Å². The largest absolute Gasteiger partial charge is 0.307 e. The maximum Gasteiger partial charge on any atom is 0.305 e. The topological polar surface area (TPSA) is 48.5 Å². The summed E-state index contributed by atoms with van der Waals surface area (Å²) in [5.74, 6) is 2.54. The molecular weight excluding hydrogens is 507 g/mol. The van der Waals surface area contributed by atoms with Gasteiger partial charge in [0.25, 0.3) is 0 Å². The molecule has 0 saturated heterocycles. The zero-order valence-corrected chi connectivity index (χ0v) is 22.6. The third-order valence-corrected chi connectivity index (χ3v) is 11.8. The maximum atomic E-state index is 12.4. The lowest BCUT2D eigenvalue weighted by atomic mass is 9.75. The van der Waals surface area contributed by atoms with Crippen molar-refractivity contribution in [2.24, 2.45) is 22.9 Å². The number of nitrogens with one attached hydrogen (secondary N) is 1. The highest BCUT2D eigenvalue weighted by molar-refractivity contribution is 8.00. The Kier molecular flexibility index (Phi) is 5.41. The minimum Gasteiger partial charge on any atom is -0.307 e. The summed E-state index contributed by atoms with van der Waals surface area (Å²) in [4.78, 5) is 16.9. The third kappa shape index (κ3) is 3.64. The lowest BCUT2D eigenvalue weighted by molar-refractivity contribution is 0.307. The van der Waals surface area contributed by atoms with Crippen molar-refractivity contribution in [3.05, 3.63) is 116 Å². The van der Waals surface area contributed by atoms with E-state index in [0.29, 0.717) is 17.1 Å².